The third-order valence-electron chi connectivity index (χ3n) is 4.94. The number of hydrogen-bond donors (Lipinski definition) is 1. The van der Waals surface area contributed by atoms with Crippen LogP contribution >= 0.6 is 0 Å². The van der Waals surface area contributed by atoms with E-state index in [1.165, 1.54) is 17.0 Å². The van der Waals surface area contributed by atoms with Crippen molar-refractivity contribution < 1.29 is 23.1 Å². The SMILES string of the molecule is CN1C(=O)C(C)(C)c2cc(S(=O)(=O)N3CCCC3C(=O)O)ccc21. The molecule has 2 heterocycles. The molecule has 1 fully saturated rings. The Balaban J connectivity index is 2.07. The zero-order valence-corrected chi connectivity index (χ0v) is 14.6. The van der Waals surface area contributed by atoms with E-state index >= 15 is 0 Å². The maximum atomic E-state index is 12.9. The van der Waals surface area contributed by atoms with Crippen molar-refractivity contribution in [1.82, 2.24) is 4.31 Å². The van der Waals surface area contributed by atoms with Crippen LogP contribution in [0.4, 0.5) is 5.69 Å². The first-order valence-electron chi connectivity index (χ1n) is 7.76. The number of aliphatic carboxylic acids is 1. The van der Waals surface area contributed by atoms with Crippen molar-refractivity contribution in [1.29, 1.82) is 0 Å². The number of carbonyl (C=O) groups is 2. The Bertz CT molecular complexity index is 831. The topological polar surface area (TPSA) is 95.0 Å². The lowest BCUT2D eigenvalue weighted by molar-refractivity contribution is -0.140. The summed E-state index contributed by atoms with van der Waals surface area (Å²) in [4.78, 5) is 25.2. The molecular weight excluding hydrogens is 332 g/mol. The number of sulfonamides is 1. The summed E-state index contributed by atoms with van der Waals surface area (Å²) in [7, 11) is -2.26. The molecule has 0 spiro atoms. The molecule has 2 aliphatic heterocycles. The van der Waals surface area contributed by atoms with E-state index in [1.54, 1.807) is 27.0 Å². The van der Waals surface area contributed by atoms with Gasteiger partial charge in [-0.2, -0.15) is 4.31 Å². The fraction of sp³-hybridized carbons (Fsp3) is 0.500. The minimum Gasteiger partial charge on any atom is -0.480 e. The summed E-state index contributed by atoms with van der Waals surface area (Å²) >= 11 is 0. The molecule has 1 saturated heterocycles. The number of hydrogen-bond acceptors (Lipinski definition) is 4. The van der Waals surface area contributed by atoms with Gasteiger partial charge in [-0.15, -0.1) is 0 Å². The molecule has 8 heteroatoms. The summed E-state index contributed by atoms with van der Waals surface area (Å²) in [6, 6.07) is 3.53. The van der Waals surface area contributed by atoms with Crippen LogP contribution in [-0.4, -0.2) is 49.3 Å². The second-order valence-electron chi connectivity index (χ2n) is 6.78. The smallest absolute Gasteiger partial charge is 0.322 e. The fourth-order valence-corrected chi connectivity index (χ4v) is 5.20. The molecule has 1 unspecified atom stereocenters. The molecule has 1 atom stereocenters. The Morgan fingerprint density at radius 3 is 2.62 bits per heavy atom. The Morgan fingerprint density at radius 2 is 2.00 bits per heavy atom. The zero-order chi connectivity index (χ0) is 17.9. The molecule has 0 aliphatic carbocycles. The third-order valence-corrected chi connectivity index (χ3v) is 6.84. The normalized spacial score (nSPS) is 23.5. The Kier molecular flexibility index (Phi) is 3.72. The molecule has 0 saturated carbocycles. The van der Waals surface area contributed by atoms with Gasteiger partial charge in [0.15, 0.2) is 0 Å². The van der Waals surface area contributed by atoms with Crippen LogP contribution in [-0.2, 0) is 25.0 Å². The van der Waals surface area contributed by atoms with Gasteiger partial charge in [-0.3, -0.25) is 9.59 Å². The summed E-state index contributed by atoms with van der Waals surface area (Å²) in [6.45, 7) is 3.70. The lowest BCUT2D eigenvalue weighted by Crippen LogP contribution is -2.40. The van der Waals surface area contributed by atoms with Gasteiger partial charge in [-0.25, -0.2) is 8.42 Å². The van der Waals surface area contributed by atoms with Crippen molar-refractivity contribution in [2.45, 2.75) is 43.0 Å². The summed E-state index contributed by atoms with van der Waals surface area (Å²) in [6.07, 6.45) is 0.833. The summed E-state index contributed by atoms with van der Waals surface area (Å²) < 4.78 is 26.8. The van der Waals surface area contributed by atoms with Gasteiger partial charge < -0.3 is 10.0 Å². The number of fused-ring (bicyclic) bond motifs is 1. The average Bonchev–Trinajstić information content (AvgIpc) is 3.08. The zero-order valence-electron chi connectivity index (χ0n) is 13.8. The minimum atomic E-state index is -3.92. The molecular formula is C16H20N2O5S. The predicted molar refractivity (Wildman–Crippen MR) is 87.4 cm³/mol. The van der Waals surface area contributed by atoms with Crippen LogP contribution in [0.2, 0.25) is 0 Å². The number of rotatable bonds is 3. The second kappa shape index (κ2) is 5.29. The number of carbonyl (C=O) groups excluding carboxylic acids is 1. The van der Waals surface area contributed by atoms with Crippen LogP contribution in [0.15, 0.2) is 23.1 Å². The van der Waals surface area contributed by atoms with E-state index in [-0.39, 0.29) is 17.3 Å². The molecule has 0 bridgehead atoms. The lowest BCUT2D eigenvalue weighted by Gasteiger charge is -2.22. The van der Waals surface area contributed by atoms with Crippen LogP contribution in [0.3, 0.4) is 0 Å². The quantitative estimate of drug-likeness (QED) is 0.881. The highest BCUT2D eigenvalue weighted by molar-refractivity contribution is 7.89. The molecule has 1 N–H and O–H groups in total. The van der Waals surface area contributed by atoms with E-state index in [0.717, 1.165) is 4.31 Å². The number of amides is 1. The number of likely N-dealkylation sites (N-methyl/N-ethyl adjacent to an activating group) is 1. The van der Waals surface area contributed by atoms with Gasteiger partial charge in [-0.05, 0) is 50.5 Å². The van der Waals surface area contributed by atoms with Gasteiger partial charge in [0.2, 0.25) is 15.9 Å². The van der Waals surface area contributed by atoms with Crippen molar-refractivity contribution >= 4 is 27.6 Å². The maximum absolute atomic E-state index is 12.9. The molecule has 1 aromatic carbocycles. The maximum Gasteiger partial charge on any atom is 0.322 e. The molecule has 7 nitrogen and oxygen atoms in total. The summed E-state index contributed by atoms with van der Waals surface area (Å²) in [5.74, 6) is -1.23. The summed E-state index contributed by atoms with van der Waals surface area (Å²) in [5.41, 5.74) is 0.509. The lowest BCUT2D eigenvalue weighted by atomic mass is 9.86. The van der Waals surface area contributed by atoms with E-state index in [2.05, 4.69) is 0 Å². The highest BCUT2D eigenvalue weighted by Crippen LogP contribution is 2.42. The number of nitrogens with zero attached hydrogens (tertiary/aromatic N) is 2. The Hall–Kier alpha value is -1.93. The third kappa shape index (κ3) is 2.24. The monoisotopic (exact) mass is 352 g/mol. The first-order valence-corrected chi connectivity index (χ1v) is 9.20. The number of benzene rings is 1. The molecule has 24 heavy (non-hydrogen) atoms. The van der Waals surface area contributed by atoms with E-state index in [1.807, 2.05) is 0 Å². The molecule has 0 radical (unpaired) electrons. The van der Waals surface area contributed by atoms with E-state index in [4.69, 9.17) is 0 Å². The van der Waals surface area contributed by atoms with Crippen LogP contribution < -0.4 is 4.90 Å². The molecule has 2 aliphatic rings. The van der Waals surface area contributed by atoms with Crippen molar-refractivity contribution in [2.75, 3.05) is 18.5 Å². The highest BCUT2D eigenvalue weighted by Gasteiger charge is 2.44. The first kappa shape index (κ1) is 16.9. The van der Waals surface area contributed by atoms with Crippen molar-refractivity contribution in [2.24, 2.45) is 0 Å². The van der Waals surface area contributed by atoms with Gasteiger partial charge in [0.1, 0.15) is 6.04 Å². The molecule has 3 rings (SSSR count). The summed E-state index contributed by atoms with van der Waals surface area (Å²) in [5, 5.41) is 9.24. The van der Waals surface area contributed by atoms with Crippen molar-refractivity contribution in [3.63, 3.8) is 0 Å². The molecule has 130 valence electrons. The largest absolute Gasteiger partial charge is 0.480 e. The van der Waals surface area contributed by atoms with E-state index < -0.39 is 27.4 Å². The van der Waals surface area contributed by atoms with Gasteiger partial charge in [0.05, 0.1) is 10.3 Å². The molecule has 1 aromatic rings. The molecule has 1 amide bonds. The van der Waals surface area contributed by atoms with Crippen LogP contribution in [0, 0.1) is 0 Å². The predicted octanol–water partition coefficient (Wildman–Crippen LogP) is 1.18. The molecule has 0 aromatic heterocycles. The number of carboxylic acid groups (broad SMARTS) is 1. The van der Waals surface area contributed by atoms with Crippen LogP contribution in [0.1, 0.15) is 32.3 Å². The van der Waals surface area contributed by atoms with Crippen molar-refractivity contribution in [3.8, 4) is 0 Å². The average molecular weight is 352 g/mol. The number of anilines is 1. The Labute approximate surface area is 140 Å². The number of carboxylic acids is 1. The van der Waals surface area contributed by atoms with Gasteiger partial charge in [0, 0.05) is 19.3 Å². The van der Waals surface area contributed by atoms with Crippen molar-refractivity contribution in [3.05, 3.63) is 23.8 Å². The standard InChI is InChI=1S/C16H20N2O5S/c1-16(2)11-9-10(6-7-12(11)17(3)15(16)21)24(22,23)18-8-4-5-13(18)14(19)20/h6-7,9,13H,4-5,8H2,1-3H3,(H,19,20). The van der Waals surface area contributed by atoms with Gasteiger partial charge in [0.25, 0.3) is 0 Å². The fourth-order valence-electron chi connectivity index (χ4n) is 3.52. The highest BCUT2D eigenvalue weighted by atomic mass is 32.2. The second-order valence-corrected chi connectivity index (χ2v) is 8.67. The van der Waals surface area contributed by atoms with E-state index in [0.29, 0.717) is 24.1 Å². The Morgan fingerprint density at radius 1 is 1.33 bits per heavy atom. The van der Waals surface area contributed by atoms with Crippen LogP contribution in [0.25, 0.3) is 0 Å². The van der Waals surface area contributed by atoms with Gasteiger partial charge in [-0.1, -0.05) is 0 Å². The van der Waals surface area contributed by atoms with E-state index in [9.17, 15) is 23.1 Å². The minimum absolute atomic E-state index is 0.0329. The van der Waals surface area contributed by atoms with Crippen LogP contribution in [0.5, 0.6) is 0 Å². The van der Waals surface area contributed by atoms with Gasteiger partial charge >= 0.3 is 5.97 Å². The first-order chi connectivity index (χ1) is 11.1.